The number of likely N-dealkylation sites (tertiary alicyclic amines) is 1. The number of benzene rings is 2. The van der Waals surface area contributed by atoms with E-state index in [1.807, 2.05) is 54.6 Å². The zero-order valence-corrected chi connectivity index (χ0v) is 17.2. The van der Waals surface area contributed by atoms with Crippen LogP contribution in [0.25, 0.3) is 0 Å². The Morgan fingerprint density at radius 1 is 1.10 bits per heavy atom. The Morgan fingerprint density at radius 3 is 2.62 bits per heavy atom. The summed E-state index contributed by atoms with van der Waals surface area (Å²) in [4.78, 5) is 15.2. The number of rotatable bonds is 5. The Bertz CT molecular complexity index is 837. The van der Waals surface area contributed by atoms with Crippen LogP contribution in [0.2, 0.25) is 0 Å². The number of amides is 1. The van der Waals surface area contributed by atoms with Crippen molar-refractivity contribution >= 4 is 5.91 Å². The van der Waals surface area contributed by atoms with E-state index >= 15 is 0 Å². The summed E-state index contributed by atoms with van der Waals surface area (Å²) >= 11 is 0. The summed E-state index contributed by atoms with van der Waals surface area (Å²) in [6.07, 6.45) is 5.99. The van der Waals surface area contributed by atoms with Gasteiger partial charge in [0.15, 0.2) is 0 Å². The summed E-state index contributed by atoms with van der Waals surface area (Å²) < 4.78 is 5.43. The van der Waals surface area contributed by atoms with Crippen molar-refractivity contribution in [1.29, 1.82) is 0 Å². The Balaban J connectivity index is 1.50. The van der Waals surface area contributed by atoms with Crippen LogP contribution in [-0.4, -0.2) is 35.6 Å². The van der Waals surface area contributed by atoms with Gasteiger partial charge in [-0.1, -0.05) is 61.4 Å². The van der Waals surface area contributed by atoms with Gasteiger partial charge in [0.2, 0.25) is 5.91 Å². The fraction of sp³-hybridized carbons (Fsp3) is 0.480. The van der Waals surface area contributed by atoms with Crippen molar-refractivity contribution in [3.8, 4) is 5.75 Å². The molecule has 29 heavy (non-hydrogen) atoms. The number of hydrogen-bond donors (Lipinski definition) is 1. The van der Waals surface area contributed by atoms with E-state index in [0.29, 0.717) is 25.8 Å². The molecule has 2 aromatic rings. The minimum atomic E-state index is -0.828. The molecule has 1 saturated heterocycles. The largest absolute Gasteiger partial charge is 0.496 e. The summed E-state index contributed by atoms with van der Waals surface area (Å²) in [6, 6.07) is 18.1. The third-order valence-corrected chi connectivity index (χ3v) is 6.87. The zero-order valence-electron chi connectivity index (χ0n) is 17.2. The van der Waals surface area contributed by atoms with Crippen molar-refractivity contribution in [3.63, 3.8) is 0 Å². The lowest BCUT2D eigenvalue weighted by molar-refractivity contribution is -0.154. The number of carbonyl (C=O) groups is 1. The van der Waals surface area contributed by atoms with Crippen molar-refractivity contribution in [2.24, 2.45) is 5.92 Å². The van der Waals surface area contributed by atoms with Gasteiger partial charge in [-0.05, 0) is 42.9 Å². The van der Waals surface area contributed by atoms with E-state index < -0.39 is 5.60 Å². The van der Waals surface area contributed by atoms with Crippen LogP contribution < -0.4 is 4.74 Å². The molecule has 0 aromatic heterocycles. The van der Waals surface area contributed by atoms with E-state index in [2.05, 4.69) is 4.90 Å². The first-order valence-corrected chi connectivity index (χ1v) is 10.8. The average Bonchev–Trinajstić information content (AvgIpc) is 2.78. The van der Waals surface area contributed by atoms with Gasteiger partial charge >= 0.3 is 0 Å². The molecule has 2 aliphatic rings. The maximum absolute atomic E-state index is 13.2. The summed E-state index contributed by atoms with van der Waals surface area (Å²) in [7, 11) is 1.67. The lowest BCUT2D eigenvalue weighted by atomic mass is 9.66. The number of fused-ring (bicyclic) bond motifs is 1. The number of aliphatic hydroxyl groups is 1. The number of hydrogen-bond acceptors (Lipinski definition) is 3. The molecule has 154 valence electrons. The molecule has 0 spiro atoms. The Labute approximate surface area is 173 Å². The first kappa shape index (κ1) is 20.0. The Morgan fingerprint density at radius 2 is 1.83 bits per heavy atom. The number of methoxy groups -OCH3 is 1. The van der Waals surface area contributed by atoms with Gasteiger partial charge in [0.25, 0.3) is 0 Å². The molecule has 2 fully saturated rings. The van der Waals surface area contributed by atoms with Crippen LogP contribution >= 0.6 is 0 Å². The maximum Gasteiger partial charge on any atom is 0.223 e. The second kappa shape index (κ2) is 8.58. The highest BCUT2D eigenvalue weighted by molar-refractivity contribution is 5.77. The number of carbonyl (C=O) groups excluding carboxylic acids is 1. The average molecular weight is 394 g/mol. The quantitative estimate of drug-likeness (QED) is 0.824. The SMILES string of the molecule is COc1ccccc1CCC(=O)N1CC[C@@](O)(c2ccccc2)[C@H]2CCCCC21. The molecular formula is C25H31NO3. The Hall–Kier alpha value is -2.33. The van der Waals surface area contributed by atoms with Crippen molar-refractivity contribution in [1.82, 2.24) is 4.90 Å². The zero-order chi connectivity index (χ0) is 20.3. The highest BCUT2D eigenvalue weighted by atomic mass is 16.5. The van der Waals surface area contributed by atoms with Crippen molar-refractivity contribution in [2.45, 2.75) is 56.6 Å². The molecule has 3 atom stereocenters. The molecule has 4 rings (SSSR count). The standard InChI is InChI=1S/C25H31NO3/c1-29-23-14-8-5-9-19(23)15-16-24(27)26-18-17-25(28,20-10-3-2-4-11-20)21-12-6-7-13-22(21)26/h2-5,8-11,14,21-22,28H,6-7,12-13,15-18H2,1H3/t21-,22?,25+/m0/s1. The molecule has 0 radical (unpaired) electrons. The van der Waals surface area contributed by atoms with Crippen molar-refractivity contribution < 1.29 is 14.6 Å². The summed E-state index contributed by atoms with van der Waals surface area (Å²) in [5.41, 5.74) is 1.24. The molecule has 0 bridgehead atoms. The van der Waals surface area contributed by atoms with Gasteiger partial charge in [0, 0.05) is 24.9 Å². The fourth-order valence-corrected chi connectivity index (χ4v) is 5.37. The first-order chi connectivity index (χ1) is 14.1. The molecule has 2 aromatic carbocycles. The second-order valence-corrected chi connectivity index (χ2v) is 8.40. The second-order valence-electron chi connectivity index (χ2n) is 8.40. The number of nitrogens with zero attached hydrogens (tertiary/aromatic N) is 1. The molecule has 1 N–H and O–H groups in total. The molecular weight excluding hydrogens is 362 g/mol. The molecule has 1 aliphatic heterocycles. The third kappa shape index (κ3) is 3.91. The number of para-hydroxylation sites is 1. The third-order valence-electron chi connectivity index (χ3n) is 6.87. The fourth-order valence-electron chi connectivity index (χ4n) is 5.37. The molecule has 1 amide bonds. The van der Waals surface area contributed by atoms with E-state index in [-0.39, 0.29) is 17.9 Å². The van der Waals surface area contributed by atoms with Crippen LogP contribution in [0.1, 0.15) is 49.7 Å². The number of piperidine rings is 1. The molecule has 1 saturated carbocycles. The first-order valence-electron chi connectivity index (χ1n) is 10.8. The summed E-state index contributed by atoms with van der Waals surface area (Å²) in [6.45, 7) is 0.622. The van der Waals surface area contributed by atoms with Gasteiger partial charge < -0.3 is 14.7 Å². The van der Waals surface area contributed by atoms with Crippen LogP contribution in [0.4, 0.5) is 0 Å². The van der Waals surface area contributed by atoms with Gasteiger partial charge in [-0.25, -0.2) is 0 Å². The van der Waals surface area contributed by atoms with E-state index in [1.54, 1.807) is 7.11 Å². The van der Waals surface area contributed by atoms with Crippen LogP contribution in [0.15, 0.2) is 54.6 Å². The minimum absolute atomic E-state index is 0.114. The van der Waals surface area contributed by atoms with Crippen LogP contribution in [0, 0.1) is 5.92 Å². The predicted molar refractivity (Wildman–Crippen MR) is 114 cm³/mol. The van der Waals surface area contributed by atoms with Gasteiger partial charge in [-0.15, -0.1) is 0 Å². The number of aryl methyl sites for hydroxylation is 1. The molecule has 1 aliphatic carbocycles. The molecule has 1 heterocycles. The molecule has 4 heteroatoms. The topological polar surface area (TPSA) is 49.8 Å². The minimum Gasteiger partial charge on any atom is -0.496 e. The summed E-state index contributed by atoms with van der Waals surface area (Å²) in [5.74, 6) is 1.15. The van der Waals surface area contributed by atoms with Crippen molar-refractivity contribution in [2.75, 3.05) is 13.7 Å². The normalized spacial score (nSPS) is 26.6. The van der Waals surface area contributed by atoms with E-state index in [1.165, 1.54) is 0 Å². The van der Waals surface area contributed by atoms with Crippen LogP contribution in [0.5, 0.6) is 5.75 Å². The van der Waals surface area contributed by atoms with E-state index in [4.69, 9.17) is 4.74 Å². The van der Waals surface area contributed by atoms with Gasteiger partial charge in [-0.3, -0.25) is 4.79 Å². The Kier molecular flexibility index (Phi) is 5.91. The van der Waals surface area contributed by atoms with Crippen LogP contribution in [0.3, 0.4) is 0 Å². The van der Waals surface area contributed by atoms with Gasteiger partial charge in [0.1, 0.15) is 5.75 Å². The van der Waals surface area contributed by atoms with Crippen LogP contribution in [-0.2, 0) is 16.8 Å². The molecule has 1 unspecified atom stereocenters. The van der Waals surface area contributed by atoms with Gasteiger partial charge in [-0.2, -0.15) is 0 Å². The van der Waals surface area contributed by atoms with E-state index in [0.717, 1.165) is 42.6 Å². The predicted octanol–water partition coefficient (Wildman–Crippen LogP) is 4.31. The highest BCUT2D eigenvalue weighted by Crippen LogP contribution is 2.47. The van der Waals surface area contributed by atoms with E-state index in [9.17, 15) is 9.90 Å². The highest BCUT2D eigenvalue weighted by Gasteiger charge is 2.50. The monoisotopic (exact) mass is 393 g/mol. The van der Waals surface area contributed by atoms with Crippen molar-refractivity contribution in [3.05, 3.63) is 65.7 Å². The lowest BCUT2D eigenvalue weighted by Crippen LogP contribution is -2.59. The number of ether oxygens (including phenoxy) is 1. The lowest BCUT2D eigenvalue weighted by Gasteiger charge is -2.52. The van der Waals surface area contributed by atoms with Gasteiger partial charge in [0.05, 0.1) is 12.7 Å². The molecule has 4 nitrogen and oxygen atoms in total. The maximum atomic E-state index is 13.2. The summed E-state index contributed by atoms with van der Waals surface area (Å²) in [5, 5.41) is 11.7. The smallest absolute Gasteiger partial charge is 0.223 e.